The highest BCUT2D eigenvalue weighted by molar-refractivity contribution is 6.01. The van der Waals surface area contributed by atoms with E-state index in [2.05, 4.69) is 0 Å². The van der Waals surface area contributed by atoms with E-state index < -0.39 is 11.7 Å². The molecule has 2 atom stereocenters. The maximum Gasteiger partial charge on any atom is 0.417 e. The van der Waals surface area contributed by atoms with E-state index >= 15 is 0 Å². The van der Waals surface area contributed by atoms with Gasteiger partial charge in [-0.15, -0.1) is 0 Å². The van der Waals surface area contributed by atoms with Gasteiger partial charge < -0.3 is 4.74 Å². The zero-order valence-electron chi connectivity index (χ0n) is 14.3. The summed E-state index contributed by atoms with van der Waals surface area (Å²) in [6.07, 6.45) is 7.39. The van der Waals surface area contributed by atoms with Gasteiger partial charge in [-0.3, -0.25) is 9.59 Å². The van der Waals surface area contributed by atoms with Crippen LogP contribution in [0.3, 0.4) is 0 Å². The third kappa shape index (κ3) is 4.53. The number of imide groups is 1. The molecule has 1 heterocycles. The summed E-state index contributed by atoms with van der Waals surface area (Å²) in [7, 11) is 0. The summed E-state index contributed by atoms with van der Waals surface area (Å²) in [5.41, 5.74) is 0.456. The van der Waals surface area contributed by atoms with Crippen LogP contribution >= 0.6 is 0 Å². The van der Waals surface area contributed by atoms with Crippen LogP contribution in [0.1, 0.15) is 53.4 Å². The summed E-state index contributed by atoms with van der Waals surface area (Å²) in [4.78, 5) is 37.0. The number of hydrogen-bond donors (Lipinski definition) is 0. The first kappa shape index (κ1) is 17.4. The number of ketones is 1. The quantitative estimate of drug-likeness (QED) is 0.800. The lowest BCUT2D eigenvalue weighted by Crippen LogP contribution is -2.45. The molecule has 0 spiro atoms. The van der Waals surface area contributed by atoms with Gasteiger partial charge in [0.15, 0.2) is 5.78 Å². The molecule has 2 amide bonds. The number of allylic oxidation sites excluding steroid dienone is 2. The molecule has 0 bridgehead atoms. The second-order valence-corrected chi connectivity index (χ2v) is 7.34. The first-order valence-electron chi connectivity index (χ1n) is 8.14. The fourth-order valence-electron chi connectivity index (χ4n) is 3.02. The average Bonchev–Trinajstić information content (AvgIpc) is 2.78. The van der Waals surface area contributed by atoms with Gasteiger partial charge in [-0.05, 0) is 52.0 Å². The monoisotopic (exact) mass is 319 g/mol. The lowest BCUT2D eigenvalue weighted by Gasteiger charge is -2.30. The Labute approximate surface area is 137 Å². The minimum Gasteiger partial charge on any atom is -0.443 e. The Morgan fingerprint density at radius 3 is 2.65 bits per heavy atom. The normalized spacial score (nSPS) is 23.0. The SMILES string of the molecule is CC(CC1=CC(=O)CCC1)C1C=CC(=O)N1C(=O)OC(C)(C)C. The standard InChI is InChI=1S/C18H25NO4/c1-12(10-13-6-5-7-14(20)11-13)15-8-9-16(21)19(15)17(22)23-18(2,3)4/h8-9,11-12,15H,5-7,10H2,1-4H3. The minimum absolute atomic E-state index is 0.0439. The Kier molecular flexibility index (Phi) is 5.07. The van der Waals surface area contributed by atoms with Crippen molar-refractivity contribution in [3.63, 3.8) is 0 Å². The predicted octanol–water partition coefficient (Wildman–Crippen LogP) is 3.39. The van der Waals surface area contributed by atoms with Crippen molar-refractivity contribution in [2.75, 3.05) is 0 Å². The van der Waals surface area contributed by atoms with E-state index in [-0.39, 0.29) is 23.7 Å². The lowest BCUT2D eigenvalue weighted by molar-refractivity contribution is -0.126. The molecule has 0 saturated heterocycles. The van der Waals surface area contributed by atoms with Crippen LogP contribution < -0.4 is 0 Å². The highest BCUT2D eigenvalue weighted by atomic mass is 16.6. The summed E-state index contributed by atoms with van der Waals surface area (Å²) in [6.45, 7) is 7.31. The van der Waals surface area contributed by atoms with Gasteiger partial charge in [-0.25, -0.2) is 9.69 Å². The summed E-state index contributed by atoms with van der Waals surface area (Å²) >= 11 is 0. The van der Waals surface area contributed by atoms with Crippen LogP contribution in [0.2, 0.25) is 0 Å². The van der Waals surface area contributed by atoms with Gasteiger partial charge in [0.05, 0.1) is 6.04 Å². The molecule has 126 valence electrons. The summed E-state index contributed by atoms with van der Waals surface area (Å²) in [6, 6.07) is -0.324. The number of carbonyl (C=O) groups excluding carboxylic acids is 3. The van der Waals surface area contributed by atoms with Crippen LogP contribution in [0.15, 0.2) is 23.8 Å². The molecule has 0 aromatic carbocycles. The zero-order valence-corrected chi connectivity index (χ0v) is 14.3. The topological polar surface area (TPSA) is 63.7 Å². The van der Waals surface area contributed by atoms with E-state index in [4.69, 9.17) is 4.74 Å². The Hall–Kier alpha value is -1.91. The highest BCUT2D eigenvalue weighted by Gasteiger charge is 2.37. The molecule has 2 rings (SSSR count). The van der Waals surface area contributed by atoms with Gasteiger partial charge in [0.1, 0.15) is 5.60 Å². The molecular weight excluding hydrogens is 294 g/mol. The van der Waals surface area contributed by atoms with E-state index in [1.165, 1.54) is 11.0 Å². The third-order valence-corrected chi connectivity index (χ3v) is 4.02. The number of nitrogens with zero attached hydrogens (tertiary/aromatic N) is 1. The van der Waals surface area contributed by atoms with Gasteiger partial charge in [0, 0.05) is 12.5 Å². The van der Waals surface area contributed by atoms with Crippen LogP contribution in [0, 0.1) is 5.92 Å². The molecule has 0 aromatic rings. The number of hydrogen-bond acceptors (Lipinski definition) is 4. The molecule has 5 nitrogen and oxygen atoms in total. The Morgan fingerprint density at radius 1 is 1.35 bits per heavy atom. The summed E-state index contributed by atoms with van der Waals surface area (Å²) in [5.74, 6) is -0.132. The van der Waals surface area contributed by atoms with Crippen molar-refractivity contribution >= 4 is 17.8 Å². The van der Waals surface area contributed by atoms with Crippen molar-refractivity contribution in [2.45, 2.75) is 65.0 Å². The number of amides is 2. The van der Waals surface area contributed by atoms with Crippen molar-refractivity contribution in [3.8, 4) is 0 Å². The molecule has 0 aromatic heterocycles. The maximum absolute atomic E-state index is 12.3. The van der Waals surface area contributed by atoms with E-state index in [0.717, 1.165) is 18.4 Å². The lowest BCUT2D eigenvalue weighted by atomic mass is 9.88. The molecular formula is C18H25NO4. The minimum atomic E-state index is -0.647. The molecule has 0 N–H and O–H groups in total. The number of carbonyl (C=O) groups is 3. The molecule has 2 unspecified atom stereocenters. The Morgan fingerprint density at radius 2 is 2.04 bits per heavy atom. The van der Waals surface area contributed by atoms with Crippen LogP contribution in [0.5, 0.6) is 0 Å². The van der Waals surface area contributed by atoms with Crippen molar-refractivity contribution in [1.29, 1.82) is 0 Å². The van der Waals surface area contributed by atoms with E-state index in [0.29, 0.717) is 12.8 Å². The number of ether oxygens (including phenoxy) is 1. The van der Waals surface area contributed by atoms with Crippen LogP contribution in [0.4, 0.5) is 4.79 Å². The first-order chi connectivity index (χ1) is 10.7. The van der Waals surface area contributed by atoms with Gasteiger partial charge >= 0.3 is 6.09 Å². The summed E-state index contributed by atoms with van der Waals surface area (Å²) in [5, 5.41) is 0. The highest BCUT2D eigenvalue weighted by Crippen LogP contribution is 2.29. The molecule has 0 fully saturated rings. The first-order valence-corrected chi connectivity index (χ1v) is 8.14. The Balaban J connectivity index is 2.07. The van der Waals surface area contributed by atoms with Crippen molar-refractivity contribution in [2.24, 2.45) is 5.92 Å². The van der Waals surface area contributed by atoms with Crippen LogP contribution in [-0.2, 0) is 14.3 Å². The molecule has 0 saturated carbocycles. The van der Waals surface area contributed by atoms with Gasteiger partial charge in [-0.2, -0.15) is 0 Å². The number of rotatable bonds is 3. The van der Waals surface area contributed by atoms with E-state index in [9.17, 15) is 14.4 Å². The average molecular weight is 319 g/mol. The third-order valence-electron chi connectivity index (χ3n) is 4.02. The zero-order chi connectivity index (χ0) is 17.2. The molecule has 1 aliphatic carbocycles. The van der Waals surface area contributed by atoms with Crippen LogP contribution in [-0.4, -0.2) is 34.3 Å². The maximum atomic E-state index is 12.3. The molecule has 2 aliphatic rings. The molecule has 1 aliphatic heterocycles. The smallest absolute Gasteiger partial charge is 0.417 e. The van der Waals surface area contributed by atoms with Gasteiger partial charge in [0.25, 0.3) is 5.91 Å². The second kappa shape index (κ2) is 6.69. The fourth-order valence-corrected chi connectivity index (χ4v) is 3.02. The van der Waals surface area contributed by atoms with Gasteiger partial charge in [0.2, 0.25) is 0 Å². The van der Waals surface area contributed by atoms with E-state index in [1.54, 1.807) is 32.9 Å². The second-order valence-electron chi connectivity index (χ2n) is 7.34. The van der Waals surface area contributed by atoms with Crippen LogP contribution in [0.25, 0.3) is 0 Å². The molecule has 5 heteroatoms. The summed E-state index contributed by atoms with van der Waals surface area (Å²) < 4.78 is 5.34. The van der Waals surface area contributed by atoms with Crippen molar-refractivity contribution in [1.82, 2.24) is 4.90 Å². The molecule has 0 radical (unpaired) electrons. The van der Waals surface area contributed by atoms with Gasteiger partial charge in [-0.1, -0.05) is 18.6 Å². The molecule has 23 heavy (non-hydrogen) atoms. The van der Waals surface area contributed by atoms with Crippen molar-refractivity contribution in [3.05, 3.63) is 23.8 Å². The Bertz CT molecular complexity index is 568. The van der Waals surface area contributed by atoms with E-state index in [1.807, 2.05) is 6.92 Å². The fraction of sp³-hybridized carbons (Fsp3) is 0.611. The van der Waals surface area contributed by atoms with Crippen molar-refractivity contribution < 1.29 is 19.1 Å². The predicted molar refractivity (Wildman–Crippen MR) is 86.7 cm³/mol. The largest absolute Gasteiger partial charge is 0.443 e.